The first-order chi connectivity index (χ1) is 19.7. The van der Waals surface area contributed by atoms with Crippen molar-refractivity contribution >= 4 is 16.5 Å². The van der Waals surface area contributed by atoms with E-state index in [1.54, 1.807) is 5.10 Å². The molecule has 0 bridgehead atoms. The average Bonchev–Trinajstić information content (AvgIpc) is 2.90. The number of anilines is 1. The van der Waals surface area contributed by atoms with Gasteiger partial charge < -0.3 is 19.7 Å². The Kier molecular flexibility index (Phi) is 8.51. The van der Waals surface area contributed by atoms with Crippen molar-refractivity contribution in [2.45, 2.75) is 44.4 Å². The largest absolute Gasteiger partial charge is 0.428 e. The topological polar surface area (TPSA) is 135 Å². The second kappa shape index (κ2) is 11.8. The highest BCUT2D eigenvalue weighted by molar-refractivity contribution is 5.86. The van der Waals surface area contributed by atoms with Gasteiger partial charge in [-0.05, 0) is 30.5 Å². The number of fused-ring (bicyclic) bond motifs is 1. The van der Waals surface area contributed by atoms with E-state index < -0.39 is 71.6 Å². The van der Waals surface area contributed by atoms with Gasteiger partial charge in [-0.15, -0.1) is 0 Å². The third kappa shape index (κ3) is 6.84. The van der Waals surface area contributed by atoms with Crippen LogP contribution in [0.3, 0.4) is 0 Å². The van der Waals surface area contributed by atoms with Crippen molar-refractivity contribution in [3.63, 3.8) is 0 Å². The molecule has 3 N–H and O–H groups in total. The quantitative estimate of drug-likeness (QED) is 0.233. The fourth-order valence-corrected chi connectivity index (χ4v) is 4.12. The molecule has 0 aliphatic carbocycles. The Hall–Kier alpha value is -4.54. The highest BCUT2D eigenvalue weighted by Crippen LogP contribution is 2.32. The van der Waals surface area contributed by atoms with Crippen molar-refractivity contribution in [1.82, 2.24) is 24.7 Å². The third-order valence-electron chi connectivity index (χ3n) is 5.93. The minimum absolute atomic E-state index is 0.121. The van der Waals surface area contributed by atoms with Gasteiger partial charge in [-0.2, -0.15) is 27.1 Å². The molecule has 42 heavy (non-hydrogen) atoms. The number of pyridine rings is 1. The van der Waals surface area contributed by atoms with Gasteiger partial charge in [-0.25, -0.2) is 23.8 Å². The lowest BCUT2D eigenvalue weighted by Gasteiger charge is -2.20. The van der Waals surface area contributed by atoms with Gasteiger partial charge in [0, 0.05) is 18.7 Å². The van der Waals surface area contributed by atoms with Crippen molar-refractivity contribution in [3.8, 4) is 17.1 Å². The Morgan fingerprint density at radius 1 is 1.12 bits per heavy atom. The van der Waals surface area contributed by atoms with Gasteiger partial charge in [0.05, 0.1) is 41.8 Å². The fraction of sp³-hybridized carbons (Fsp3) is 0.320. The second-order valence-corrected chi connectivity index (χ2v) is 9.20. The summed E-state index contributed by atoms with van der Waals surface area (Å²) in [7, 11) is 0. The molecule has 0 amide bonds. The molecule has 0 radical (unpaired) electrons. The first kappa shape index (κ1) is 30.4. The number of hydrogen-bond donors (Lipinski definition) is 3. The average molecular weight is 602 g/mol. The van der Waals surface area contributed by atoms with Crippen LogP contribution in [0.5, 0.6) is 5.75 Å². The number of aliphatic hydroxyl groups is 1. The van der Waals surface area contributed by atoms with Crippen LogP contribution >= 0.6 is 0 Å². The van der Waals surface area contributed by atoms with Crippen molar-refractivity contribution in [1.29, 1.82) is 0 Å². The van der Waals surface area contributed by atoms with Crippen LogP contribution in [0.2, 0.25) is 0 Å². The van der Waals surface area contributed by atoms with Gasteiger partial charge in [0.25, 0.3) is 11.1 Å². The molecule has 17 heteroatoms. The SMILES string of the molecule is C[C@H](C[C@@H](F)Cn1ccc2cc(-c3ncc(OC(F)(F)CO)cn3)c(F)cc2c1=O)Nc1cn[nH]c(=O)c1C(F)(F)F. The maximum absolute atomic E-state index is 14.9. The number of aliphatic hydroxyl groups excluding tert-OH is 1. The zero-order valence-corrected chi connectivity index (χ0v) is 21.4. The van der Waals surface area contributed by atoms with Crippen LogP contribution in [0.25, 0.3) is 22.2 Å². The van der Waals surface area contributed by atoms with Crippen molar-refractivity contribution in [3.05, 3.63) is 75.1 Å². The lowest BCUT2D eigenvalue weighted by atomic mass is 10.1. The number of rotatable bonds is 10. The van der Waals surface area contributed by atoms with E-state index in [0.717, 1.165) is 29.2 Å². The Bertz CT molecular complexity index is 1690. The highest BCUT2D eigenvalue weighted by Gasteiger charge is 2.37. The van der Waals surface area contributed by atoms with Gasteiger partial charge in [0.1, 0.15) is 24.2 Å². The lowest BCUT2D eigenvalue weighted by molar-refractivity contribution is -0.201. The number of alkyl halides is 6. The van der Waals surface area contributed by atoms with Gasteiger partial charge in [-0.1, -0.05) is 0 Å². The van der Waals surface area contributed by atoms with E-state index in [0.29, 0.717) is 0 Å². The fourth-order valence-electron chi connectivity index (χ4n) is 4.12. The molecule has 0 saturated carbocycles. The van der Waals surface area contributed by atoms with E-state index in [4.69, 9.17) is 5.11 Å². The first-order valence-electron chi connectivity index (χ1n) is 12.1. The number of nitrogens with one attached hydrogen (secondary N) is 2. The van der Waals surface area contributed by atoms with E-state index in [-0.39, 0.29) is 28.6 Å². The summed E-state index contributed by atoms with van der Waals surface area (Å²) in [4.78, 5) is 32.1. The molecule has 2 atom stereocenters. The third-order valence-corrected chi connectivity index (χ3v) is 5.93. The van der Waals surface area contributed by atoms with Crippen LogP contribution in [-0.2, 0) is 12.7 Å². The number of aromatic amines is 1. The summed E-state index contributed by atoms with van der Waals surface area (Å²) >= 11 is 0. The van der Waals surface area contributed by atoms with Gasteiger partial charge >= 0.3 is 12.3 Å². The van der Waals surface area contributed by atoms with Gasteiger partial charge in [0.15, 0.2) is 11.6 Å². The Balaban J connectivity index is 1.49. The molecule has 224 valence electrons. The predicted octanol–water partition coefficient (Wildman–Crippen LogP) is 3.89. The maximum Gasteiger partial charge on any atom is 0.423 e. The molecule has 10 nitrogen and oxygen atoms in total. The minimum atomic E-state index is -4.98. The van der Waals surface area contributed by atoms with Crippen LogP contribution in [0, 0.1) is 5.82 Å². The summed E-state index contributed by atoms with van der Waals surface area (Å²) in [6.07, 6.45) is -7.25. The number of halogens is 7. The molecule has 0 fully saturated rings. The maximum atomic E-state index is 14.9. The monoisotopic (exact) mass is 602 g/mol. The number of benzene rings is 1. The predicted molar refractivity (Wildman–Crippen MR) is 134 cm³/mol. The summed E-state index contributed by atoms with van der Waals surface area (Å²) in [5.74, 6) is -1.64. The summed E-state index contributed by atoms with van der Waals surface area (Å²) in [6.45, 7) is -0.707. The van der Waals surface area contributed by atoms with E-state index in [1.807, 2.05) is 0 Å². The molecule has 0 saturated heterocycles. The minimum Gasteiger partial charge on any atom is -0.428 e. The zero-order chi connectivity index (χ0) is 30.8. The van der Waals surface area contributed by atoms with Crippen LogP contribution in [0.1, 0.15) is 18.9 Å². The molecule has 4 rings (SSSR count). The number of ether oxygens (including phenoxy) is 1. The number of aromatic nitrogens is 5. The molecular formula is C25H21F7N6O4. The van der Waals surface area contributed by atoms with Crippen molar-refractivity contribution in [2.75, 3.05) is 11.9 Å². The highest BCUT2D eigenvalue weighted by atomic mass is 19.4. The number of nitrogens with zero attached hydrogens (tertiary/aromatic N) is 4. The Labute approximate surface area is 230 Å². The normalized spacial score (nSPS) is 13.6. The van der Waals surface area contributed by atoms with Crippen LogP contribution in [0.15, 0.2) is 52.6 Å². The summed E-state index contributed by atoms with van der Waals surface area (Å²) in [6, 6.07) is 2.60. The molecular weight excluding hydrogens is 581 g/mol. The van der Waals surface area contributed by atoms with Gasteiger partial charge in [0.2, 0.25) is 0 Å². The molecule has 3 heterocycles. The lowest BCUT2D eigenvalue weighted by Crippen LogP contribution is -2.30. The standard InChI is InChI=1S/C25H21F7N6O4/c1-12(36-19-9-35-37-22(40)20(19)25(30,31)32)4-14(26)10-38-3-2-13-5-17(18(27)6-16(13)23(38)41)21-33-7-15(8-34-21)42-24(28,29)11-39/h2-3,5-9,12,14,39H,4,10-11H2,1H3,(H2,36,37,40)/t12-,14-/m1/s1. The zero-order valence-electron chi connectivity index (χ0n) is 21.4. The molecule has 1 aromatic carbocycles. The van der Waals surface area contributed by atoms with E-state index in [1.165, 1.54) is 25.3 Å². The van der Waals surface area contributed by atoms with E-state index in [2.05, 4.69) is 25.1 Å². The first-order valence-corrected chi connectivity index (χ1v) is 12.1. The summed E-state index contributed by atoms with van der Waals surface area (Å²) in [5, 5.41) is 16.1. The molecule has 0 spiro atoms. The molecule has 0 aliphatic heterocycles. The molecule has 3 aromatic heterocycles. The van der Waals surface area contributed by atoms with Crippen LogP contribution in [0.4, 0.5) is 36.4 Å². The van der Waals surface area contributed by atoms with Crippen molar-refractivity contribution in [2.24, 2.45) is 0 Å². The van der Waals surface area contributed by atoms with Gasteiger partial charge in [-0.3, -0.25) is 9.59 Å². The molecule has 0 unspecified atom stereocenters. The van der Waals surface area contributed by atoms with Crippen LogP contribution in [-0.4, -0.2) is 54.8 Å². The smallest absolute Gasteiger partial charge is 0.423 e. The number of H-pyrrole nitrogens is 1. The van der Waals surface area contributed by atoms with Crippen molar-refractivity contribution < 1.29 is 40.6 Å². The molecule has 4 aromatic rings. The Morgan fingerprint density at radius 2 is 1.81 bits per heavy atom. The summed E-state index contributed by atoms with van der Waals surface area (Å²) in [5.41, 5.74) is -4.53. The van der Waals surface area contributed by atoms with E-state index in [9.17, 15) is 40.3 Å². The van der Waals surface area contributed by atoms with E-state index >= 15 is 0 Å². The summed E-state index contributed by atoms with van der Waals surface area (Å²) < 4.78 is 101. The van der Waals surface area contributed by atoms with Crippen LogP contribution < -0.4 is 21.2 Å². The molecule has 0 aliphatic rings. The Morgan fingerprint density at radius 3 is 2.45 bits per heavy atom. The second-order valence-electron chi connectivity index (χ2n) is 9.20. The number of hydrogen-bond acceptors (Lipinski definition) is 8.